The van der Waals surface area contributed by atoms with Gasteiger partial charge in [0.1, 0.15) is 5.75 Å². The summed E-state index contributed by atoms with van der Waals surface area (Å²) in [5.41, 5.74) is 2.63. The average Bonchev–Trinajstić information content (AvgIpc) is 2.28. The van der Waals surface area contributed by atoms with Crippen molar-refractivity contribution in [1.82, 2.24) is 0 Å². The van der Waals surface area contributed by atoms with Gasteiger partial charge in [-0.15, -0.1) is 12.3 Å². The van der Waals surface area contributed by atoms with E-state index in [2.05, 4.69) is 51.8 Å². The zero-order valence-electron chi connectivity index (χ0n) is 12.2. The number of hydrogen-bond acceptors (Lipinski definition) is 1. The number of hydrogen-bond donors (Lipinski definition) is 0. The molecule has 0 saturated carbocycles. The number of benzene rings is 1. The molecule has 0 aromatic heterocycles. The first kappa shape index (κ1) is 14.6. The molecule has 1 aromatic rings. The van der Waals surface area contributed by atoms with E-state index in [0.29, 0.717) is 12.5 Å². The van der Waals surface area contributed by atoms with E-state index in [1.807, 2.05) is 6.92 Å². The van der Waals surface area contributed by atoms with Gasteiger partial charge in [0.2, 0.25) is 0 Å². The molecule has 0 fully saturated rings. The fraction of sp³-hybridized carbons (Fsp3) is 0.529. The van der Waals surface area contributed by atoms with Crippen molar-refractivity contribution in [2.45, 2.75) is 52.4 Å². The Bertz CT molecular complexity index is 432. The minimum Gasteiger partial charge on any atom is -0.494 e. The third-order valence-electron chi connectivity index (χ3n) is 3.10. The molecule has 1 nitrogen and oxygen atoms in total. The Morgan fingerprint density at radius 1 is 1.33 bits per heavy atom. The largest absolute Gasteiger partial charge is 0.494 e. The van der Waals surface area contributed by atoms with Crippen molar-refractivity contribution in [3.05, 3.63) is 29.3 Å². The van der Waals surface area contributed by atoms with E-state index in [9.17, 15) is 0 Å². The SMILES string of the molecule is C#CCC(C)c1ccc(OCC)c(C(C)(C)C)c1. The first-order chi connectivity index (χ1) is 8.40. The van der Waals surface area contributed by atoms with Crippen LogP contribution in [0.15, 0.2) is 18.2 Å². The minimum absolute atomic E-state index is 0.0797. The Balaban J connectivity index is 3.18. The first-order valence-electron chi connectivity index (χ1n) is 6.60. The Labute approximate surface area is 112 Å². The zero-order valence-corrected chi connectivity index (χ0v) is 12.2. The van der Waals surface area contributed by atoms with Gasteiger partial charge in [0.25, 0.3) is 0 Å². The van der Waals surface area contributed by atoms with Crippen LogP contribution in [0.2, 0.25) is 0 Å². The smallest absolute Gasteiger partial charge is 0.123 e. The van der Waals surface area contributed by atoms with Crippen molar-refractivity contribution in [3.8, 4) is 18.1 Å². The van der Waals surface area contributed by atoms with Gasteiger partial charge in [0.15, 0.2) is 0 Å². The topological polar surface area (TPSA) is 9.23 Å². The molecule has 18 heavy (non-hydrogen) atoms. The van der Waals surface area contributed by atoms with Crippen LogP contribution in [0.1, 0.15) is 58.1 Å². The van der Waals surface area contributed by atoms with Crippen molar-refractivity contribution in [2.75, 3.05) is 6.61 Å². The average molecular weight is 244 g/mol. The molecule has 0 spiro atoms. The van der Waals surface area contributed by atoms with Gasteiger partial charge in [0.05, 0.1) is 6.61 Å². The molecular weight excluding hydrogens is 220 g/mol. The lowest BCUT2D eigenvalue weighted by Gasteiger charge is -2.24. The molecule has 0 N–H and O–H groups in total. The Morgan fingerprint density at radius 2 is 2.00 bits per heavy atom. The molecule has 0 amide bonds. The molecule has 0 heterocycles. The van der Waals surface area contributed by atoms with E-state index in [0.717, 1.165) is 12.2 Å². The summed E-state index contributed by atoms with van der Waals surface area (Å²) in [4.78, 5) is 0. The third kappa shape index (κ3) is 3.53. The monoisotopic (exact) mass is 244 g/mol. The van der Waals surface area contributed by atoms with Crippen LogP contribution in [-0.2, 0) is 5.41 Å². The highest BCUT2D eigenvalue weighted by Gasteiger charge is 2.20. The summed E-state index contributed by atoms with van der Waals surface area (Å²) in [6, 6.07) is 6.45. The molecule has 0 bridgehead atoms. The maximum atomic E-state index is 5.72. The molecule has 1 heteroatoms. The van der Waals surface area contributed by atoms with Crippen LogP contribution in [0.5, 0.6) is 5.75 Å². The normalized spacial score (nSPS) is 12.9. The molecule has 0 saturated heterocycles. The quantitative estimate of drug-likeness (QED) is 0.708. The summed E-state index contributed by atoms with van der Waals surface area (Å²) in [6.07, 6.45) is 6.17. The highest BCUT2D eigenvalue weighted by Crippen LogP contribution is 2.34. The lowest BCUT2D eigenvalue weighted by Crippen LogP contribution is -2.14. The summed E-state index contributed by atoms with van der Waals surface area (Å²) in [7, 11) is 0. The second-order valence-corrected chi connectivity index (χ2v) is 5.75. The second-order valence-electron chi connectivity index (χ2n) is 5.75. The van der Waals surface area contributed by atoms with Crippen molar-refractivity contribution in [2.24, 2.45) is 0 Å². The first-order valence-corrected chi connectivity index (χ1v) is 6.60. The second kappa shape index (κ2) is 5.96. The van der Waals surface area contributed by atoms with Crippen molar-refractivity contribution in [3.63, 3.8) is 0 Å². The van der Waals surface area contributed by atoms with Gasteiger partial charge in [-0.3, -0.25) is 0 Å². The fourth-order valence-corrected chi connectivity index (χ4v) is 2.02. The standard InChI is InChI=1S/C17H24O/c1-7-9-13(3)14-10-11-16(18-8-2)15(12-14)17(4,5)6/h1,10-13H,8-9H2,2-6H3. The van der Waals surface area contributed by atoms with Crippen molar-refractivity contribution >= 4 is 0 Å². The van der Waals surface area contributed by atoms with Crippen LogP contribution in [0.4, 0.5) is 0 Å². The van der Waals surface area contributed by atoms with Crippen molar-refractivity contribution in [1.29, 1.82) is 0 Å². The molecule has 1 rings (SSSR count). The zero-order chi connectivity index (χ0) is 13.8. The van der Waals surface area contributed by atoms with E-state index in [4.69, 9.17) is 11.2 Å². The Hall–Kier alpha value is -1.42. The van der Waals surface area contributed by atoms with Crippen LogP contribution in [-0.4, -0.2) is 6.61 Å². The van der Waals surface area contributed by atoms with Crippen LogP contribution < -0.4 is 4.74 Å². The molecule has 0 aliphatic rings. The minimum atomic E-state index is 0.0797. The number of rotatable bonds is 4. The molecule has 0 aliphatic carbocycles. The lowest BCUT2D eigenvalue weighted by atomic mass is 9.83. The molecule has 98 valence electrons. The molecule has 1 unspecified atom stereocenters. The van der Waals surface area contributed by atoms with Gasteiger partial charge in [-0.25, -0.2) is 0 Å². The van der Waals surface area contributed by atoms with Crippen LogP contribution in [0.3, 0.4) is 0 Å². The summed E-state index contributed by atoms with van der Waals surface area (Å²) in [5, 5.41) is 0. The summed E-state index contributed by atoms with van der Waals surface area (Å²) in [6.45, 7) is 11.5. The fourth-order valence-electron chi connectivity index (χ4n) is 2.02. The van der Waals surface area contributed by atoms with Gasteiger partial charge >= 0.3 is 0 Å². The molecule has 0 radical (unpaired) electrons. The van der Waals surface area contributed by atoms with E-state index >= 15 is 0 Å². The molecule has 1 aromatic carbocycles. The van der Waals surface area contributed by atoms with E-state index in [-0.39, 0.29) is 5.41 Å². The predicted octanol–water partition coefficient (Wildman–Crippen LogP) is 4.51. The van der Waals surface area contributed by atoms with Gasteiger partial charge < -0.3 is 4.74 Å². The Kier molecular flexibility index (Phi) is 4.84. The highest BCUT2D eigenvalue weighted by molar-refractivity contribution is 5.42. The van der Waals surface area contributed by atoms with Crippen molar-refractivity contribution < 1.29 is 4.74 Å². The van der Waals surface area contributed by atoms with Gasteiger partial charge in [-0.1, -0.05) is 39.8 Å². The molecule has 1 atom stereocenters. The van der Waals surface area contributed by atoms with E-state index in [1.165, 1.54) is 11.1 Å². The maximum Gasteiger partial charge on any atom is 0.123 e. The van der Waals surface area contributed by atoms with Crippen LogP contribution in [0, 0.1) is 12.3 Å². The van der Waals surface area contributed by atoms with Gasteiger partial charge in [0, 0.05) is 6.42 Å². The summed E-state index contributed by atoms with van der Waals surface area (Å²) < 4.78 is 5.72. The van der Waals surface area contributed by atoms with E-state index in [1.54, 1.807) is 0 Å². The van der Waals surface area contributed by atoms with Gasteiger partial charge in [-0.2, -0.15) is 0 Å². The summed E-state index contributed by atoms with van der Waals surface area (Å²) >= 11 is 0. The number of ether oxygens (including phenoxy) is 1. The Morgan fingerprint density at radius 3 is 2.50 bits per heavy atom. The van der Waals surface area contributed by atoms with Crippen LogP contribution >= 0.6 is 0 Å². The summed E-state index contributed by atoms with van der Waals surface area (Å²) in [5.74, 6) is 4.12. The van der Waals surface area contributed by atoms with E-state index < -0.39 is 0 Å². The lowest BCUT2D eigenvalue weighted by molar-refractivity contribution is 0.329. The predicted molar refractivity (Wildman–Crippen MR) is 78.2 cm³/mol. The maximum absolute atomic E-state index is 5.72. The van der Waals surface area contributed by atoms with Crippen LogP contribution in [0.25, 0.3) is 0 Å². The highest BCUT2D eigenvalue weighted by atomic mass is 16.5. The van der Waals surface area contributed by atoms with Gasteiger partial charge in [-0.05, 0) is 35.4 Å². The molecule has 0 aliphatic heterocycles. The molecular formula is C17H24O. The third-order valence-corrected chi connectivity index (χ3v) is 3.10. The number of terminal acetylenes is 1.